The maximum atomic E-state index is 13.4. The van der Waals surface area contributed by atoms with Crippen molar-refractivity contribution in [2.45, 2.75) is 67.8 Å². The second kappa shape index (κ2) is 9.65. The monoisotopic (exact) mass is 499 g/mol. The van der Waals surface area contributed by atoms with E-state index in [4.69, 9.17) is 16.3 Å². The number of amides is 1. The van der Waals surface area contributed by atoms with Crippen LogP contribution in [0.15, 0.2) is 46.8 Å². The van der Waals surface area contributed by atoms with Crippen LogP contribution in [0.4, 0.5) is 0 Å². The zero-order valence-corrected chi connectivity index (χ0v) is 21.1. The van der Waals surface area contributed by atoms with Crippen LogP contribution >= 0.6 is 34.7 Å². The van der Waals surface area contributed by atoms with Crippen molar-refractivity contribution < 1.29 is 9.53 Å². The van der Waals surface area contributed by atoms with Crippen LogP contribution in [-0.4, -0.2) is 39.2 Å². The van der Waals surface area contributed by atoms with E-state index in [1.165, 1.54) is 5.56 Å². The third kappa shape index (κ3) is 5.05. The normalized spacial score (nSPS) is 21.9. The van der Waals surface area contributed by atoms with Crippen LogP contribution in [0.1, 0.15) is 52.2 Å². The lowest BCUT2D eigenvalue weighted by molar-refractivity contribution is 0.0359. The fourth-order valence-corrected chi connectivity index (χ4v) is 6.74. The summed E-state index contributed by atoms with van der Waals surface area (Å²) in [7, 11) is 0. The molecule has 0 aliphatic carbocycles. The third-order valence-electron chi connectivity index (χ3n) is 6.38. The summed E-state index contributed by atoms with van der Waals surface area (Å²) >= 11 is 9.62. The Morgan fingerprint density at radius 1 is 1.12 bits per heavy atom. The van der Waals surface area contributed by atoms with Crippen LogP contribution in [0.3, 0.4) is 0 Å². The SMILES string of the molecule is Cc1ccc(Cl)c(OC2CC3CCC(C2)N3C(=O)c2ccc(CSc3nnc(C)s3)cc2)c1. The molecule has 0 radical (unpaired) electrons. The lowest BCUT2D eigenvalue weighted by Gasteiger charge is -2.39. The molecule has 3 heterocycles. The van der Waals surface area contributed by atoms with E-state index in [9.17, 15) is 4.79 Å². The van der Waals surface area contributed by atoms with Crippen molar-refractivity contribution in [1.82, 2.24) is 15.1 Å². The molecule has 1 amide bonds. The van der Waals surface area contributed by atoms with E-state index in [-0.39, 0.29) is 24.1 Å². The average molecular weight is 500 g/mol. The number of aryl methyl sites for hydroxylation is 2. The Kier molecular flexibility index (Phi) is 6.63. The maximum Gasteiger partial charge on any atom is 0.254 e. The molecular weight excluding hydrogens is 474 g/mol. The zero-order valence-electron chi connectivity index (χ0n) is 18.7. The fourth-order valence-electron chi connectivity index (χ4n) is 4.81. The lowest BCUT2D eigenvalue weighted by Crippen LogP contribution is -2.49. The number of carbonyl (C=O) groups is 1. The molecular formula is C25H26ClN3O2S2. The van der Waals surface area contributed by atoms with Gasteiger partial charge in [-0.2, -0.15) is 0 Å². The topological polar surface area (TPSA) is 55.3 Å². The van der Waals surface area contributed by atoms with Crippen molar-refractivity contribution in [2.24, 2.45) is 0 Å². The number of piperidine rings is 1. The molecule has 0 N–H and O–H groups in total. The molecule has 1 aromatic heterocycles. The van der Waals surface area contributed by atoms with Gasteiger partial charge in [0.05, 0.1) is 5.02 Å². The van der Waals surface area contributed by atoms with Crippen LogP contribution in [0.5, 0.6) is 5.75 Å². The first-order valence-electron chi connectivity index (χ1n) is 11.2. The number of nitrogens with zero attached hydrogens (tertiary/aromatic N) is 3. The van der Waals surface area contributed by atoms with Crippen molar-refractivity contribution in [3.8, 4) is 5.75 Å². The van der Waals surface area contributed by atoms with Crippen molar-refractivity contribution in [2.75, 3.05) is 0 Å². The first-order valence-corrected chi connectivity index (χ1v) is 13.4. The van der Waals surface area contributed by atoms with Crippen molar-refractivity contribution >= 4 is 40.6 Å². The molecule has 2 aliphatic rings. The second-order valence-corrected chi connectivity index (χ2v) is 11.6. The van der Waals surface area contributed by atoms with Gasteiger partial charge in [0.15, 0.2) is 4.34 Å². The summed E-state index contributed by atoms with van der Waals surface area (Å²) in [5, 5.41) is 9.83. The van der Waals surface area contributed by atoms with E-state index in [1.807, 2.05) is 56.3 Å². The largest absolute Gasteiger partial charge is 0.489 e. The Balaban J connectivity index is 1.21. The van der Waals surface area contributed by atoms with Crippen molar-refractivity contribution in [3.05, 3.63) is 69.2 Å². The highest BCUT2D eigenvalue weighted by molar-refractivity contribution is 8.00. The summed E-state index contributed by atoms with van der Waals surface area (Å²) in [6.07, 6.45) is 3.86. The van der Waals surface area contributed by atoms with Gasteiger partial charge in [0.1, 0.15) is 16.9 Å². The maximum absolute atomic E-state index is 13.4. The van der Waals surface area contributed by atoms with E-state index in [0.29, 0.717) is 5.02 Å². The Hall–Kier alpha value is -2.09. The standard InChI is InChI=1S/C25H26ClN3O2S2/c1-15-3-10-22(26)23(11-15)31-21-12-19-8-9-20(13-21)29(19)24(30)18-6-4-17(5-7-18)14-32-25-28-27-16(2)33-25/h3-7,10-11,19-21H,8-9,12-14H2,1-2H3. The summed E-state index contributed by atoms with van der Waals surface area (Å²) in [6.45, 7) is 4.00. The van der Waals surface area contributed by atoms with Crippen LogP contribution in [-0.2, 0) is 5.75 Å². The highest BCUT2D eigenvalue weighted by atomic mass is 35.5. The smallest absolute Gasteiger partial charge is 0.254 e. The molecule has 33 heavy (non-hydrogen) atoms. The Labute approximate surface area is 207 Å². The highest BCUT2D eigenvalue weighted by Gasteiger charge is 2.44. The Bertz CT molecular complexity index is 1140. The summed E-state index contributed by atoms with van der Waals surface area (Å²) in [6, 6.07) is 14.3. The van der Waals surface area contributed by atoms with E-state index in [1.54, 1.807) is 23.1 Å². The number of hydrogen-bond donors (Lipinski definition) is 0. The van der Waals surface area contributed by atoms with Crippen molar-refractivity contribution in [1.29, 1.82) is 0 Å². The van der Waals surface area contributed by atoms with Gasteiger partial charge in [-0.1, -0.05) is 52.9 Å². The summed E-state index contributed by atoms with van der Waals surface area (Å²) < 4.78 is 7.25. The van der Waals surface area contributed by atoms with Crippen LogP contribution in [0.2, 0.25) is 5.02 Å². The summed E-state index contributed by atoms with van der Waals surface area (Å²) in [5.41, 5.74) is 3.06. The summed E-state index contributed by atoms with van der Waals surface area (Å²) in [4.78, 5) is 15.5. The minimum Gasteiger partial charge on any atom is -0.489 e. The Morgan fingerprint density at radius 3 is 2.52 bits per heavy atom. The number of rotatable bonds is 6. The molecule has 0 saturated carbocycles. The number of thioether (sulfide) groups is 1. The number of hydrogen-bond acceptors (Lipinski definition) is 6. The van der Waals surface area contributed by atoms with Gasteiger partial charge in [0.25, 0.3) is 5.91 Å². The number of benzene rings is 2. The van der Waals surface area contributed by atoms with Gasteiger partial charge in [0.2, 0.25) is 0 Å². The number of fused-ring (bicyclic) bond motifs is 2. The van der Waals surface area contributed by atoms with E-state index in [2.05, 4.69) is 15.1 Å². The lowest BCUT2D eigenvalue weighted by atomic mass is 9.98. The minimum atomic E-state index is 0.0919. The highest BCUT2D eigenvalue weighted by Crippen LogP contribution is 2.39. The number of ether oxygens (including phenoxy) is 1. The predicted molar refractivity (Wildman–Crippen MR) is 133 cm³/mol. The van der Waals surface area contributed by atoms with Crippen LogP contribution in [0.25, 0.3) is 0 Å². The zero-order chi connectivity index (χ0) is 22.9. The molecule has 5 nitrogen and oxygen atoms in total. The van der Waals surface area contributed by atoms with Gasteiger partial charge in [0, 0.05) is 36.2 Å². The molecule has 8 heteroatoms. The van der Waals surface area contributed by atoms with Crippen LogP contribution in [0, 0.1) is 13.8 Å². The second-order valence-electron chi connectivity index (χ2n) is 8.82. The predicted octanol–water partition coefficient (Wildman–Crippen LogP) is 6.32. The van der Waals surface area contributed by atoms with Crippen molar-refractivity contribution in [3.63, 3.8) is 0 Å². The molecule has 2 bridgehead atoms. The third-order valence-corrected chi connectivity index (χ3v) is 8.73. The molecule has 3 aromatic rings. The molecule has 172 valence electrons. The van der Waals surface area contributed by atoms with Crippen LogP contribution < -0.4 is 4.74 Å². The average Bonchev–Trinajstić information content (AvgIpc) is 3.34. The molecule has 2 unspecified atom stereocenters. The molecule has 2 saturated heterocycles. The van der Waals surface area contributed by atoms with E-state index >= 15 is 0 Å². The van der Waals surface area contributed by atoms with E-state index in [0.717, 1.165) is 57.7 Å². The first-order chi connectivity index (χ1) is 16.0. The van der Waals surface area contributed by atoms with Gasteiger partial charge >= 0.3 is 0 Å². The minimum absolute atomic E-state index is 0.0919. The van der Waals surface area contributed by atoms with Gasteiger partial charge < -0.3 is 9.64 Å². The molecule has 2 aromatic carbocycles. The number of aromatic nitrogens is 2. The number of carbonyl (C=O) groups excluding carboxylic acids is 1. The van der Waals surface area contributed by atoms with Gasteiger partial charge in [-0.3, -0.25) is 4.79 Å². The molecule has 0 spiro atoms. The Morgan fingerprint density at radius 2 is 1.85 bits per heavy atom. The molecule has 5 rings (SSSR count). The van der Waals surface area contributed by atoms with Gasteiger partial charge in [-0.25, -0.2) is 0 Å². The summed E-state index contributed by atoms with van der Waals surface area (Å²) in [5.74, 6) is 1.70. The van der Waals surface area contributed by atoms with E-state index < -0.39 is 0 Å². The molecule has 2 atom stereocenters. The quantitative estimate of drug-likeness (QED) is 0.372. The van der Waals surface area contributed by atoms with Gasteiger partial charge in [-0.15, -0.1) is 10.2 Å². The number of halogens is 1. The molecule has 2 aliphatic heterocycles. The molecule has 2 fully saturated rings. The fraction of sp³-hybridized carbons (Fsp3) is 0.400. The van der Waals surface area contributed by atoms with Gasteiger partial charge in [-0.05, 0) is 62.1 Å². The first kappa shape index (κ1) is 22.7.